The molecule has 0 bridgehead atoms. The Morgan fingerprint density at radius 3 is 2.79 bits per heavy atom. The van der Waals surface area contributed by atoms with Gasteiger partial charge in [-0.2, -0.15) is 4.39 Å². The van der Waals surface area contributed by atoms with E-state index >= 15 is 0 Å². The Morgan fingerprint density at radius 2 is 2.14 bits per heavy atom. The third-order valence-corrected chi connectivity index (χ3v) is 3.79. The van der Waals surface area contributed by atoms with Crippen molar-refractivity contribution in [1.29, 1.82) is 0 Å². The standard InChI is InChI=1S/C17H14FN5O5/c1-9-14(15(28-22-9)13-6-5-11(8-20-13)23(25)26)21-17(24)27-10(2)12-4-3-7-19-16(12)18/h3-8,10H,1-2H3,(H,21,24). The summed E-state index contributed by atoms with van der Waals surface area (Å²) in [5.41, 5.74) is 0.684. The maximum atomic E-state index is 13.7. The van der Waals surface area contributed by atoms with E-state index in [-0.39, 0.29) is 28.4 Å². The average Bonchev–Trinajstić information content (AvgIpc) is 3.02. The van der Waals surface area contributed by atoms with Gasteiger partial charge in [0.25, 0.3) is 5.69 Å². The number of aryl methyl sites for hydroxylation is 1. The number of carbonyl (C=O) groups excluding carboxylic acids is 1. The average molecular weight is 387 g/mol. The van der Waals surface area contributed by atoms with Crippen LogP contribution in [0.15, 0.2) is 41.2 Å². The van der Waals surface area contributed by atoms with Gasteiger partial charge >= 0.3 is 6.09 Å². The molecule has 3 rings (SSSR count). The maximum Gasteiger partial charge on any atom is 0.412 e. The second kappa shape index (κ2) is 7.78. The van der Waals surface area contributed by atoms with E-state index in [1.807, 2.05) is 0 Å². The largest absolute Gasteiger partial charge is 0.441 e. The van der Waals surface area contributed by atoms with Crippen molar-refractivity contribution in [1.82, 2.24) is 15.1 Å². The molecule has 1 atom stereocenters. The first kappa shape index (κ1) is 18.9. The number of halogens is 1. The first-order chi connectivity index (χ1) is 13.4. The number of carbonyl (C=O) groups is 1. The number of rotatable bonds is 5. The van der Waals surface area contributed by atoms with Crippen molar-refractivity contribution in [3.05, 3.63) is 64.0 Å². The Bertz CT molecular complexity index is 1020. The summed E-state index contributed by atoms with van der Waals surface area (Å²) in [6.07, 6.45) is 0.582. The van der Waals surface area contributed by atoms with Crippen LogP contribution < -0.4 is 5.32 Å². The van der Waals surface area contributed by atoms with Gasteiger partial charge in [-0.1, -0.05) is 5.16 Å². The van der Waals surface area contributed by atoms with Crippen LogP contribution in [0.3, 0.4) is 0 Å². The van der Waals surface area contributed by atoms with E-state index in [4.69, 9.17) is 9.26 Å². The van der Waals surface area contributed by atoms with E-state index < -0.39 is 23.1 Å². The number of anilines is 1. The number of pyridine rings is 2. The maximum absolute atomic E-state index is 13.7. The zero-order chi connectivity index (χ0) is 20.3. The molecule has 1 unspecified atom stereocenters. The molecule has 28 heavy (non-hydrogen) atoms. The van der Waals surface area contributed by atoms with Gasteiger partial charge in [-0.05, 0) is 32.0 Å². The lowest BCUT2D eigenvalue weighted by molar-refractivity contribution is -0.385. The molecule has 3 aromatic rings. The Labute approximate surface area is 157 Å². The van der Waals surface area contributed by atoms with Crippen molar-refractivity contribution in [2.45, 2.75) is 20.0 Å². The molecular weight excluding hydrogens is 373 g/mol. The molecule has 144 valence electrons. The lowest BCUT2D eigenvalue weighted by atomic mass is 10.2. The topological polar surface area (TPSA) is 133 Å². The molecule has 11 heteroatoms. The highest BCUT2D eigenvalue weighted by Crippen LogP contribution is 2.31. The minimum Gasteiger partial charge on any atom is -0.441 e. The van der Waals surface area contributed by atoms with E-state index in [9.17, 15) is 19.3 Å². The number of nitro groups is 1. The van der Waals surface area contributed by atoms with Crippen molar-refractivity contribution in [3.63, 3.8) is 0 Å². The SMILES string of the molecule is Cc1noc(-c2ccc([N+](=O)[O-])cn2)c1NC(=O)OC(C)c1cccnc1F. The van der Waals surface area contributed by atoms with E-state index in [0.29, 0.717) is 5.69 Å². The van der Waals surface area contributed by atoms with Crippen LogP contribution in [-0.4, -0.2) is 26.1 Å². The first-order valence-corrected chi connectivity index (χ1v) is 8.02. The fourth-order valence-electron chi connectivity index (χ4n) is 2.38. The second-order valence-electron chi connectivity index (χ2n) is 5.69. The Kier molecular flexibility index (Phi) is 5.25. The third kappa shape index (κ3) is 3.92. The van der Waals surface area contributed by atoms with Crippen LogP contribution in [0.25, 0.3) is 11.5 Å². The molecule has 0 radical (unpaired) electrons. The molecule has 3 aromatic heterocycles. The molecule has 0 aliphatic rings. The summed E-state index contributed by atoms with van der Waals surface area (Å²) in [6, 6.07) is 5.59. The predicted octanol–water partition coefficient (Wildman–Crippen LogP) is 3.80. The van der Waals surface area contributed by atoms with Gasteiger partial charge in [0.05, 0.1) is 4.92 Å². The molecule has 0 saturated heterocycles. The molecule has 3 heterocycles. The molecular formula is C17H14FN5O5. The number of hydrogen-bond donors (Lipinski definition) is 1. The minimum absolute atomic E-state index is 0.101. The molecule has 1 amide bonds. The summed E-state index contributed by atoms with van der Waals surface area (Å²) < 4.78 is 24.0. The van der Waals surface area contributed by atoms with E-state index in [2.05, 4.69) is 20.4 Å². The van der Waals surface area contributed by atoms with E-state index in [1.54, 1.807) is 6.92 Å². The number of hydrogen-bond acceptors (Lipinski definition) is 8. The summed E-state index contributed by atoms with van der Waals surface area (Å²) >= 11 is 0. The van der Waals surface area contributed by atoms with Crippen molar-refractivity contribution < 1.29 is 23.4 Å². The normalized spacial score (nSPS) is 11.7. The van der Waals surface area contributed by atoms with Gasteiger partial charge in [-0.25, -0.2) is 14.8 Å². The highest BCUT2D eigenvalue weighted by molar-refractivity contribution is 5.90. The number of ether oxygens (including phenoxy) is 1. The minimum atomic E-state index is -0.894. The van der Waals surface area contributed by atoms with Crippen LogP contribution in [0, 0.1) is 23.0 Å². The van der Waals surface area contributed by atoms with Crippen LogP contribution in [0.1, 0.15) is 24.3 Å². The van der Waals surface area contributed by atoms with Gasteiger partial charge in [0, 0.05) is 17.8 Å². The van der Waals surface area contributed by atoms with Gasteiger partial charge in [0.1, 0.15) is 29.4 Å². The lowest BCUT2D eigenvalue weighted by Gasteiger charge is -2.14. The molecule has 0 fully saturated rings. The third-order valence-electron chi connectivity index (χ3n) is 3.79. The molecule has 0 aliphatic heterocycles. The fourth-order valence-corrected chi connectivity index (χ4v) is 2.38. The van der Waals surface area contributed by atoms with Crippen molar-refractivity contribution in [2.24, 2.45) is 0 Å². The molecule has 0 spiro atoms. The number of amides is 1. The fraction of sp³-hybridized carbons (Fsp3) is 0.176. The predicted molar refractivity (Wildman–Crippen MR) is 93.8 cm³/mol. The zero-order valence-corrected chi connectivity index (χ0v) is 14.7. The molecule has 0 saturated carbocycles. The Hall–Kier alpha value is -3.89. The summed E-state index contributed by atoms with van der Waals surface area (Å²) in [5, 5.41) is 17.0. The zero-order valence-electron chi connectivity index (χ0n) is 14.7. The monoisotopic (exact) mass is 387 g/mol. The summed E-state index contributed by atoms with van der Waals surface area (Å²) in [4.78, 5) is 29.8. The van der Waals surface area contributed by atoms with E-state index in [1.165, 1.54) is 37.4 Å². The Morgan fingerprint density at radius 1 is 1.36 bits per heavy atom. The molecule has 0 aromatic carbocycles. The van der Waals surface area contributed by atoms with Crippen LogP contribution in [0.5, 0.6) is 0 Å². The van der Waals surface area contributed by atoms with Gasteiger partial charge in [0.15, 0.2) is 0 Å². The lowest BCUT2D eigenvalue weighted by Crippen LogP contribution is -2.17. The summed E-state index contributed by atoms with van der Waals surface area (Å²) in [7, 11) is 0. The van der Waals surface area contributed by atoms with Gasteiger partial charge in [-0.3, -0.25) is 15.4 Å². The van der Waals surface area contributed by atoms with Gasteiger partial charge in [0.2, 0.25) is 11.7 Å². The first-order valence-electron chi connectivity index (χ1n) is 8.02. The van der Waals surface area contributed by atoms with Crippen molar-refractivity contribution in [3.8, 4) is 11.5 Å². The van der Waals surface area contributed by atoms with Crippen LogP contribution in [0.2, 0.25) is 0 Å². The molecule has 0 aliphatic carbocycles. The number of nitrogens with zero attached hydrogens (tertiary/aromatic N) is 4. The number of nitrogens with one attached hydrogen (secondary N) is 1. The Balaban J connectivity index is 1.77. The second-order valence-corrected chi connectivity index (χ2v) is 5.69. The molecule has 1 N–H and O–H groups in total. The van der Waals surface area contributed by atoms with Crippen molar-refractivity contribution >= 4 is 17.5 Å². The van der Waals surface area contributed by atoms with Crippen LogP contribution in [0.4, 0.5) is 20.6 Å². The van der Waals surface area contributed by atoms with Crippen LogP contribution in [-0.2, 0) is 4.74 Å². The number of aromatic nitrogens is 3. The van der Waals surface area contributed by atoms with Crippen LogP contribution >= 0.6 is 0 Å². The molecule has 10 nitrogen and oxygen atoms in total. The summed E-state index contributed by atoms with van der Waals surface area (Å²) in [5.74, 6) is -0.635. The quantitative estimate of drug-likeness (QED) is 0.397. The van der Waals surface area contributed by atoms with Gasteiger partial charge in [-0.15, -0.1) is 0 Å². The smallest absolute Gasteiger partial charge is 0.412 e. The van der Waals surface area contributed by atoms with E-state index in [0.717, 1.165) is 6.20 Å². The highest BCUT2D eigenvalue weighted by atomic mass is 19.1. The van der Waals surface area contributed by atoms with Crippen molar-refractivity contribution in [2.75, 3.05) is 5.32 Å². The summed E-state index contributed by atoms with van der Waals surface area (Å²) in [6.45, 7) is 3.08. The van der Waals surface area contributed by atoms with Gasteiger partial charge < -0.3 is 9.26 Å². The highest BCUT2D eigenvalue weighted by Gasteiger charge is 2.22.